The highest BCUT2D eigenvalue weighted by Gasteiger charge is 2.17. The maximum atomic E-state index is 13.0. The number of rotatable bonds is 10. The number of halogens is 1. The average molecular weight is 566 g/mol. The number of para-hydroxylation sites is 1. The number of carbonyl (C=O) groups is 2. The van der Waals surface area contributed by atoms with Crippen molar-refractivity contribution < 1.29 is 18.7 Å². The Bertz CT molecular complexity index is 1490. The molecule has 2 amide bonds. The van der Waals surface area contributed by atoms with Gasteiger partial charge >= 0.3 is 0 Å². The van der Waals surface area contributed by atoms with Crippen LogP contribution in [-0.2, 0) is 11.3 Å². The summed E-state index contributed by atoms with van der Waals surface area (Å²) in [6.45, 7) is 4.63. The van der Waals surface area contributed by atoms with Crippen LogP contribution in [0.2, 0.25) is 0 Å². The molecule has 1 fully saturated rings. The summed E-state index contributed by atoms with van der Waals surface area (Å²) < 4.78 is 18.5. The third kappa shape index (κ3) is 8.25. The molecule has 4 aromatic carbocycles. The molecule has 2 N–H and O–H groups in total. The van der Waals surface area contributed by atoms with Crippen LogP contribution >= 0.6 is 0 Å². The second kappa shape index (κ2) is 14.0. The standard InChI is InChI=1S/C33H32FN5O3/c34-28-12-14-29(15-13-28)36-32(40)24-42-31-16-8-25(9-17-31)22-35-37-33(41)27-10-6-26(7-11-27)23-38-18-20-39(21-19-38)30-4-2-1-3-5-30/h1-17,22H,18-21,23-24H2,(H,36,40)(H,37,41)/b35-22-. The minimum absolute atomic E-state index is 0.190. The fourth-order valence-corrected chi connectivity index (χ4v) is 4.58. The molecule has 5 rings (SSSR count). The molecule has 0 radical (unpaired) electrons. The molecule has 1 aliphatic rings. The van der Waals surface area contributed by atoms with E-state index in [4.69, 9.17) is 4.74 Å². The molecule has 1 aliphatic heterocycles. The van der Waals surface area contributed by atoms with E-state index in [1.165, 1.54) is 41.7 Å². The number of piperazine rings is 1. The number of carbonyl (C=O) groups excluding carboxylic acids is 2. The normalized spacial score (nSPS) is 13.6. The highest BCUT2D eigenvalue weighted by Crippen LogP contribution is 2.17. The van der Waals surface area contributed by atoms with E-state index >= 15 is 0 Å². The molecule has 0 aliphatic carbocycles. The molecule has 1 heterocycles. The molecule has 0 bridgehead atoms. The van der Waals surface area contributed by atoms with E-state index in [9.17, 15) is 14.0 Å². The lowest BCUT2D eigenvalue weighted by molar-refractivity contribution is -0.118. The molecule has 0 spiro atoms. The van der Waals surface area contributed by atoms with Gasteiger partial charge in [-0.05, 0) is 83.9 Å². The molecule has 0 unspecified atom stereocenters. The van der Waals surface area contributed by atoms with E-state index in [0.29, 0.717) is 17.0 Å². The summed E-state index contributed by atoms with van der Waals surface area (Å²) in [4.78, 5) is 29.4. The predicted octanol–water partition coefficient (Wildman–Crippen LogP) is 4.93. The van der Waals surface area contributed by atoms with Gasteiger partial charge in [-0.25, -0.2) is 9.82 Å². The van der Waals surface area contributed by atoms with E-state index in [2.05, 4.69) is 49.9 Å². The van der Waals surface area contributed by atoms with Crippen LogP contribution in [0, 0.1) is 5.82 Å². The molecule has 9 heteroatoms. The number of amides is 2. The molecule has 0 aromatic heterocycles. The van der Waals surface area contributed by atoms with Gasteiger partial charge in [0.05, 0.1) is 6.21 Å². The first-order chi connectivity index (χ1) is 20.5. The van der Waals surface area contributed by atoms with E-state index in [0.717, 1.165) is 38.3 Å². The van der Waals surface area contributed by atoms with Crippen molar-refractivity contribution in [3.05, 3.63) is 126 Å². The molecule has 1 saturated heterocycles. The summed E-state index contributed by atoms with van der Waals surface area (Å²) in [5, 5.41) is 6.69. The minimum Gasteiger partial charge on any atom is -0.484 e. The first-order valence-corrected chi connectivity index (χ1v) is 13.7. The van der Waals surface area contributed by atoms with Crippen molar-refractivity contribution in [2.75, 3.05) is 43.0 Å². The van der Waals surface area contributed by atoms with Gasteiger partial charge in [0.2, 0.25) is 0 Å². The Morgan fingerprint density at radius 1 is 0.833 bits per heavy atom. The number of hydrogen-bond donors (Lipinski definition) is 2. The van der Waals surface area contributed by atoms with Crippen molar-refractivity contribution in [3.63, 3.8) is 0 Å². The lowest BCUT2D eigenvalue weighted by Gasteiger charge is -2.36. The lowest BCUT2D eigenvalue weighted by Crippen LogP contribution is -2.45. The molecule has 4 aromatic rings. The minimum atomic E-state index is -0.374. The SMILES string of the molecule is O=C(COc1ccc(/C=N\NC(=O)c2ccc(CN3CCN(c4ccccc4)CC3)cc2)cc1)Nc1ccc(F)cc1. The second-order valence-electron chi connectivity index (χ2n) is 9.91. The summed E-state index contributed by atoms with van der Waals surface area (Å²) in [7, 11) is 0. The van der Waals surface area contributed by atoms with Gasteiger partial charge < -0.3 is 15.0 Å². The number of nitrogens with one attached hydrogen (secondary N) is 2. The fraction of sp³-hybridized carbons (Fsp3) is 0.182. The van der Waals surface area contributed by atoms with Gasteiger partial charge in [-0.3, -0.25) is 14.5 Å². The van der Waals surface area contributed by atoms with Crippen LogP contribution in [0.4, 0.5) is 15.8 Å². The number of benzene rings is 4. The molecule has 42 heavy (non-hydrogen) atoms. The molecule has 214 valence electrons. The van der Waals surface area contributed by atoms with Gasteiger partial charge in [0.25, 0.3) is 11.8 Å². The van der Waals surface area contributed by atoms with Crippen molar-refractivity contribution in [2.24, 2.45) is 5.10 Å². The Morgan fingerprint density at radius 3 is 2.21 bits per heavy atom. The molecule has 8 nitrogen and oxygen atoms in total. The monoisotopic (exact) mass is 565 g/mol. The van der Waals surface area contributed by atoms with Crippen molar-refractivity contribution in [1.29, 1.82) is 0 Å². The van der Waals surface area contributed by atoms with Crippen LogP contribution in [-0.4, -0.2) is 55.7 Å². The van der Waals surface area contributed by atoms with Crippen LogP contribution < -0.4 is 20.4 Å². The van der Waals surface area contributed by atoms with Gasteiger partial charge in [-0.2, -0.15) is 5.10 Å². The zero-order valence-corrected chi connectivity index (χ0v) is 23.1. The second-order valence-corrected chi connectivity index (χ2v) is 9.91. The number of hydrogen-bond acceptors (Lipinski definition) is 6. The van der Waals surface area contributed by atoms with Gasteiger partial charge in [-0.15, -0.1) is 0 Å². The van der Waals surface area contributed by atoms with Gasteiger partial charge in [0.15, 0.2) is 6.61 Å². The number of hydrazone groups is 1. The van der Waals surface area contributed by atoms with Crippen molar-refractivity contribution in [3.8, 4) is 5.75 Å². The lowest BCUT2D eigenvalue weighted by atomic mass is 10.1. The van der Waals surface area contributed by atoms with E-state index < -0.39 is 0 Å². The third-order valence-electron chi connectivity index (χ3n) is 6.87. The Labute approximate surface area is 244 Å². The van der Waals surface area contributed by atoms with Gasteiger partial charge in [0, 0.05) is 49.7 Å². The Morgan fingerprint density at radius 2 is 1.52 bits per heavy atom. The Kier molecular flexibility index (Phi) is 9.54. The maximum absolute atomic E-state index is 13.0. The molecular formula is C33H32FN5O3. The summed E-state index contributed by atoms with van der Waals surface area (Å²) in [6, 6.07) is 30.5. The van der Waals surface area contributed by atoms with E-state index in [1.807, 2.05) is 30.3 Å². The predicted molar refractivity (Wildman–Crippen MR) is 162 cm³/mol. The highest BCUT2D eigenvalue weighted by atomic mass is 19.1. The van der Waals surface area contributed by atoms with E-state index in [1.54, 1.807) is 24.3 Å². The average Bonchev–Trinajstić information content (AvgIpc) is 3.03. The molecule has 0 saturated carbocycles. The zero-order valence-electron chi connectivity index (χ0n) is 23.1. The van der Waals surface area contributed by atoms with E-state index in [-0.39, 0.29) is 24.2 Å². The Balaban J connectivity index is 1.02. The fourth-order valence-electron chi connectivity index (χ4n) is 4.58. The smallest absolute Gasteiger partial charge is 0.271 e. The van der Waals surface area contributed by atoms with Gasteiger partial charge in [-0.1, -0.05) is 30.3 Å². The van der Waals surface area contributed by atoms with Crippen molar-refractivity contribution in [1.82, 2.24) is 10.3 Å². The molecule has 0 atom stereocenters. The summed E-state index contributed by atoms with van der Waals surface area (Å²) >= 11 is 0. The van der Waals surface area contributed by atoms with Crippen molar-refractivity contribution >= 4 is 29.4 Å². The van der Waals surface area contributed by atoms with Crippen LogP contribution in [0.1, 0.15) is 21.5 Å². The number of ether oxygens (including phenoxy) is 1. The van der Waals surface area contributed by atoms with Crippen molar-refractivity contribution in [2.45, 2.75) is 6.54 Å². The number of anilines is 2. The third-order valence-corrected chi connectivity index (χ3v) is 6.87. The maximum Gasteiger partial charge on any atom is 0.271 e. The summed E-state index contributed by atoms with van der Waals surface area (Å²) in [6.07, 6.45) is 1.53. The van der Waals surface area contributed by atoms with Crippen LogP contribution in [0.5, 0.6) is 5.75 Å². The van der Waals surface area contributed by atoms with Crippen LogP contribution in [0.15, 0.2) is 108 Å². The zero-order chi connectivity index (χ0) is 29.1. The van der Waals surface area contributed by atoms with Crippen LogP contribution in [0.25, 0.3) is 0 Å². The molecular weight excluding hydrogens is 533 g/mol. The van der Waals surface area contributed by atoms with Crippen LogP contribution in [0.3, 0.4) is 0 Å². The first kappa shape index (κ1) is 28.5. The topological polar surface area (TPSA) is 86.3 Å². The highest BCUT2D eigenvalue weighted by molar-refractivity contribution is 5.95. The largest absolute Gasteiger partial charge is 0.484 e. The number of nitrogens with zero attached hydrogens (tertiary/aromatic N) is 3. The Hall–Kier alpha value is -5.02. The first-order valence-electron chi connectivity index (χ1n) is 13.7. The summed E-state index contributed by atoms with van der Waals surface area (Å²) in [5.74, 6) is -0.517. The summed E-state index contributed by atoms with van der Waals surface area (Å²) in [5.41, 5.74) is 6.76. The quantitative estimate of drug-likeness (QED) is 0.210. The van der Waals surface area contributed by atoms with Gasteiger partial charge in [0.1, 0.15) is 11.6 Å².